The van der Waals surface area contributed by atoms with Gasteiger partial charge in [0.1, 0.15) is 0 Å². The van der Waals surface area contributed by atoms with E-state index >= 15 is 0 Å². The number of hydrogen-bond donors (Lipinski definition) is 0. The summed E-state index contributed by atoms with van der Waals surface area (Å²) in [7, 11) is 0. The van der Waals surface area contributed by atoms with Crippen LogP contribution in [0.2, 0.25) is 0 Å². The van der Waals surface area contributed by atoms with Crippen LogP contribution in [0.15, 0.2) is 194 Å². The molecule has 0 N–H and O–H groups in total. The predicted octanol–water partition coefficient (Wildman–Crippen LogP) is 13.6. The van der Waals surface area contributed by atoms with Gasteiger partial charge in [-0.2, -0.15) is 0 Å². The van der Waals surface area contributed by atoms with Gasteiger partial charge in [-0.25, -0.2) is 15.0 Å². The van der Waals surface area contributed by atoms with Gasteiger partial charge in [0.2, 0.25) is 0 Å². The lowest BCUT2D eigenvalue weighted by atomic mass is 9.81. The van der Waals surface area contributed by atoms with Gasteiger partial charge in [0, 0.05) is 44.9 Å². The summed E-state index contributed by atoms with van der Waals surface area (Å²) in [5, 5.41) is 3.72. The van der Waals surface area contributed by atoms with Crippen LogP contribution in [0.4, 0.5) is 0 Å². The Morgan fingerprint density at radius 3 is 1.50 bits per heavy atom. The van der Waals surface area contributed by atoms with Crippen molar-refractivity contribution >= 4 is 21.7 Å². The number of rotatable bonds is 6. The Hall–Kier alpha value is -7.43. The molecule has 11 rings (SSSR count). The maximum atomic E-state index is 5.04. The van der Waals surface area contributed by atoms with Gasteiger partial charge in [0.05, 0.1) is 5.52 Å². The lowest BCUT2D eigenvalue weighted by molar-refractivity contribution is 0.661. The lowest BCUT2D eigenvalue weighted by Gasteiger charge is -2.22. The maximum Gasteiger partial charge on any atom is 0.164 e. The Balaban J connectivity index is 0.982. The van der Waals surface area contributed by atoms with Crippen LogP contribution in [0.3, 0.4) is 0 Å². The van der Waals surface area contributed by atoms with E-state index in [1.807, 2.05) is 60.7 Å². The Labute approximate surface area is 337 Å². The first-order valence-electron chi connectivity index (χ1n) is 19.8. The van der Waals surface area contributed by atoms with E-state index in [0.29, 0.717) is 17.5 Å². The molecule has 1 aliphatic rings. The van der Waals surface area contributed by atoms with Gasteiger partial charge >= 0.3 is 0 Å². The summed E-state index contributed by atoms with van der Waals surface area (Å²) >= 11 is 0. The van der Waals surface area contributed by atoms with E-state index in [2.05, 4.69) is 152 Å². The van der Waals surface area contributed by atoms with E-state index in [-0.39, 0.29) is 5.41 Å². The van der Waals surface area contributed by atoms with Crippen LogP contribution in [0.25, 0.3) is 94.9 Å². The van der Waals surface area contributed by atoms with Crippen molar-refractivity contribution in [2.45, 2.75) is 19.3 Å². The van der Waals surface area contributed by atoms with Crippen molar-refractivity contribution < 1.29 is 0 Å². The van der Waals surface area contributed by atoms with Crippen LogP contribution in [0.1, 0.15) is 25.0 Å². The molecule has 8 aromatic carbocycles. The molecule has 4 heteroatoms. The molecule has 4 nitrogen and oxygen atoms in total. The Bertz CT molecular complexity index is 3120. The van der Waals surface area contributed by atoms with Crippen molar-refractivity contribution in [2.24, 2.45) is 0 Å². The highest BCUT2D eigenvalue weighted by atomic mass is 15.0. The van der Waals surface area contributed by atoms with Gasteiger partial charge in [0.25, 0.3) is 0 Å². The summed E-state index contributed by atoms with van der Waals surface area (Å²) < 4.78 is 2.33. The Kier molecular flexibility index (Phi) is 7.80. The zero-order chi connectivity index (χ0) is 38.8. The third-order valence-electron chi connectivity index (χ3n) is 11.8. The molecule has 2 heterocycles. The number of para-hydroxylation sites is 1. The largest absolute Gasteiger partial charge is 0.316 e. The zero-order valence-corrected chi connectivity index (χ0v) is 32.3. The van der Waals surface area contributed by atoms with Gasteiger partial charge in [0.15, 0.2) is 17.5 Å². The van der Waals surface area contributed by atoms with Crippen molar-refractivity contribution in [3.05, 3.63) is 205 Å². The van der Waals surface area contributed by atoms with Crippen LogP contribution in [0.5, 0.6) is 0 Å². The minimum Gasteiger partial charge on any atom is -0.316 e. The van der Waals surface area contributed by atoms with Gasteiger partial charge in [-0.05, 0) is 92.2 Å². The molecule has 0 radical (unpaired) electrons. The second kappa shape index (κ2) is 13.4. The van der Waals surface area contributed by atoms with E-state index < -0.39 is 0 Å². The Morgan fingerprint density at radius 1 is 0.379 bits per heavy atom. The van der Waals surface area contributed by atoms with Crippen LogP contribution in [-0.2, 0) is 5.41 Å². The van der Waals surface area contributed by atoms with Crippen LogP contribution in [0, 0.1) is 0 Å². The monoisotopic (exact) mass is 742 g/mol. The van der Waals surface area contributed by atoms with E-state index in [1.54, 1.807) is 0 Å². The number of fused-ring (bicyclic) bond motifs is 5. The van der Waals surface area contributed by atoms with Gasteiger partial charge in [-0.1, -0.05) is 159 Å². The minimum absolute atomic E-state index is 0.240. The van der Waals surface area contributed by atoms with E-state index in [9.17, 15) is 0 Å². The fraction of sp³-hybridized carbons (Fsp3) is 0.0556. The molecule has 10 aromatic rings. The average molecular weight is 743 g/mol. The molecule has 0 unspecified atom stereocenters. The standard InChI is InChI=1S/C54H38N4/c1-54(2)48-31-40(37-21-14-22-41(29-37)47-34-58(43-23-10-5-11-24-43)50-33-39-20-13-12-19-38(39)30-46(47)50)25-27-44(48)45-28-26-42(32-49(45)54)53-56-51(35-15-6-3-7-16-35)55-52(57-53)36-17-8-4-9-18-36/h3-34H,1-2H3. The molecule has 0 amide bonds. The highest BCUT2D eigenvalue weighted by Crippen LogP contribution is 2.51. The molecular formula is C54H38N4. The minimum atomic E-state index is -0.240. The number of hydrogen-bond acceptors (Lipinski definition) is 3. The number of nitrogens with zero attached hydrogens (tertiary/aromatic N) is 4. The molecule has 0 spiro atoms. The summed E-state index contributed by atoms with van der Waals surface area (Å²) in [4.78, 5) is 15.0. The van der Waals surface area contributed by atoms with Crippen molar-refractivity contribution in [3.63, 3.8) is 0 Å². The number of benzene rings is 8. The fourth-order valence-corrected chi connectivity index (χ4v) is 8.80. The zero-order valence-electron chi connectivity index (χ0n) is 32.3. The normalized spacial score (nSPS) is 12.8. The first kappa shape index (κ1) is 33.9. The molecule has 0 fully saturated rings. The van der Waals surface area contributed by atoms with E-state index in [1.165, 1.54) is 66.2 Å². The predicted molar refractivity (Wildman–Crippen MR) is 239 cm³/mol. The first-order chi connectivity index (χ1) is 28.5. The topological polar surface area (TPSA) is 43.6 Å². The maximum absolute atomic E-state index is 5.04. The molecule has 0 saturated carbocycles. The molecule has 1 aliphatic carbocycles. The third-order valence-corrected chi connectivity index (χ3v) is 11.8. The lowest BCUT2D eigenvalue weighted by Crippen LogP contribution is -2.15. The van der Waals surface area contributed by atoms with Gasteiger partial charge < -0.3 is 4.57 Å². The SMILES string of the molecule is CC1(C)c2cc(-c3cccc(-c4cn(-c5ccccc5)c5cc6ccccc6cc45)c3)ccc2-c2ccc(-c3nc(-c4ccccc4)nc(-c4ccccc4)n3)cc21. The third kappa shape index (κ3) is 5.64. The van der Waals surface area contributed by atoms with Crippen molar-refractivity contribution in [1.82, 2.24) is 19.5 Å². The summed E-state index contributed by atoms with van der Waals surface area (Å²) in [6.45, 7) is 4.67. The highest BCUT2D eigenvalue weighted by molar-refractivity contribution is 6.05. The molecule has 2 aromatic heterocycles. The van der Waals surface area contributed by atoms with Crippen molar-refractivity contribution in [2.75, 3.05) is 0 Å². The quantitative estimate of drug-likeness (QED) is 0.170. The molecule has 0 bridgehead atoms. The summed E-state index contributed by atoms with van der Waals surface area (Å²) in [6.07, 6.45) is 2.30. The smallest absolute Gasteiger partial charge is 0.164 e. The second-order valence-corrected chi connectivity index (χ2v) is 15.7. The molecule has 58 heavy (non-hydrogen) atoms. The molecule has 0 saturated heterocycles. The van der Waals surface area contributed by atoms with Crippen LogP contribution in [-0.4, -0.2) is 19.5 Å². The fourth-order valence-electron chi connectivity index (χ4n) is 8.80. The summed E-state index contributed by atoms with van der Waals surface area (Å²) in [6, 6.07) is 67.0. The molecule has 0 aliphatic heterocycles. The summed E-state index contributed by atoms with van der Waals surface area (Å²) in [5.74, 6) is 2.00. The van der Waals surface area contributed by atoms with Crippen molar-refractivity contribution in [3.8, 4) is 73.2 Å². The average Bonchev–Trinajstić information content (AvgIpc) is 3.77. The second-order valence-electron chi connectivity index (χ2n) is 15.7. The summed E-state index contributed by atoms with van der Waals surface area (Å²) in [5.41, 5.74) is 15.0. The van der Waals surface area contributed by atoms with E-state index in [0.717, 1.165) is 22.4 Å². The van der Waals surface area contributed by atoms with E-state index in [4.69, 9.17) is 15.0 Å². The van der Waals surface area contributed by atoms with Crippen molar-refractivity contribution in [1.29, 1.82) is 0 Å². The molecule has 0 atom stereocenters. The van der Waals surface area contributed by atoms with Crippen LogP contribution >= 0.6 is 0 Å². The van der Waals surface area contributed by atoms with Crippen LogP contribution < -0.4 is 0 Å². The van der Waals surface area contributed by atoms with Gasteiger partial charge in [-0.15, -0.1) is 0 Å². The Morgan fingerprint density at radius 2 is 0.862 bits per heavy atom. The first-order valence-corrected chi connectivity index (χ1v) is 19.8. The molecule has 274 valence electrons. The number of aromatic nitrogens is 4. The van der Waals surface area contributed by atoms with Gasteiger partial charge in [-0.3, -0.25) is 0 Å². The highest BCUT2D eigenvalue weighted by Gasteiger charge is 2.36. The molecular weight excluding hydrogens is 705 g/mol.